The number of benzene rings is 1. The number of nitrogens with one attached hydrogen (secondary N) is 1. The number of methoxy groups -OCH3 is 2. The Morgan fingerprint density at radius 3 is 2.60 bits per heavy atom. The van der Waals surface area contributed by atoms with Gasteiger partial charge in [0.1, 0.15) is 27.9 Å². The largest absolute Gasteiger partial charge is 0.497 e. The molecule has 0 unspecified atom stereocenters. The molecule has 0 amide bonds. The molecule has 1 aromatic carbocycles. The second-order valence-corrected chi connectivity index (χ2v) is 7.74. The van der Waals surface area contributed by atoms with Crippen LogP contribution < -0.4 is 14.2 Å². The van der Waals surface area contributed by atoms with Crippen molar-refractivity contribution in [2.24, 2.45) is 7.05 Å². The summed E-state index contributed by atoms with van der Waals surface area (Å²) in [4.78, 5) is 0.952. The van der Waals surface area contributed by atoms with Crippen LogP contribution in [0.15, 0.2) is 46.7 Å². The first-order valence-electron chi connectivity index (χ1n) is 7.27. The number of nitrogens with zero attached hydrogens (tertiary/aromatic N) is 2. The van der Waals surface area contributed by atoms with E-state index in [0.717, 1.165) is 4.88 Å². The van der Waals surface area contributed by atoms with Crippen LogP contribution in [0, 0.1) is 0 Å². The molecule has 0 aliphatic carbocycles. The van der Waals surface area contributed by atoms with Gasteiger partial charge in [-0.05, 0) is 23.6 Å². The lowest BCUT2D eigenvalue weighted by Crippen LogP contribution is -2.16. The van der Waals surface area contributed by atoms with Crippen molar-refractivity contribution in [3.05, 3.63) is 41.8 Å². The van der Waals surface area contributed by atoms with Crippen molar-refractivity contribution in [3.63, 3.8) is 0 Å². The van der Waals surface area contributed by atoms with Crippen LogP contribution in [-0.2, 0) is 17.1 Å². The van der Waals surface area contributed by atoms with Crippen LogP contribution in [0.1, 0.15) is 0 Å². The highest BCUT2D eigenvalue weighted by Crippen LogP contribution is 2.31. The lowest BCUT2D eigenvalue weighted by atomic mass is 10.3. The van der Waals surface area contributed by atoms with Crippen molar-refractivity contribution in [2.75, 3.05) is 18.9 Å². The van der Waals surface area contributed by atoms with E-state index >= 15 is 0 Å². The van der Waals surface area contributed by atoms with Crippen molar-refractivity contribution in [3.8, 4) is 22.1 Å². The van der Waals surface area contributed by atoms with Gasteiger partial charge in [0, 0.05) is 19.2 Å². The minimum Gasteiger partial charge on any atom is -0.497 e. The number of rotatable bonds is 6. The van der Waals surface area contributed by atoms with Crippen LogP contribution in [-0.4, -0.2) is 32.4 Å². The van der Waals surface area contributed by atoms with Gasteiger partial charge in [0.15, 0.2) is 0 Å². The maximum Gasteiger partial charge on any atom is 0.266 e. The molecule has 1 N–H and O–H groups in total. The van der Waals surface area contributed by atoms with Crippen molar-refractivity contribution in [1.29, 1.82) is 0 Å². The SMILES string of the molecule is COc1ccc(OC)c(S(=O)(=O)Nc2cc(-c3cccs3)nn2C)c1. The molecule has 0 aliphatic heterocycles. The Kier molecular flexibility index (Phi) is 4.69. The number of hydrogen-bond donors (Lipinski definition) is 1. The van der Waals surface area contributed by atoms with E-state index in [2.05, 4.69) is 9.82 Å². The molecular weight excluding hydrogens is 362 g/mol. The van der Waals surface area contributed by atoms with E-state index in [-0.39, 0.29) is 10.6 Å². The summed E-state index contributed by atoms with van der Waals surface area (Å²) in [6.45, 7) is 0. The fourth-order valence-electron chi connectivity index (χ4n) is 2.29. The third-order valence-electron chi connectivity index (χ3n) is 3.55. The molecule has 0 bridgehead atoms. The first-order valence-corrected chi connectivity index (χ1v) is 9.63. The highest BCUT2D eigenvalue weighted by Gasteiger charge is 2.22. The quantitative estimate of drug-likeness (QED) is 0.712. The minimum atomic E-state index is -3.88. The van der Waals surface area contributed by atoms with Crippen molar-refractivity contribution in [2.45, 2.75) is 4.90 Å². The summed E-state index contributed by atoms with van der Waals surface area (Å²) in [6.07, 6.45) is 0. The summed E-state index contributed by atoms with van der Waals surface area (Å²) in [5.74, 6) is 1.01. The zero-order chi connectivity index (χ0) is 18.0. The number of hydrogen-bond acceptors (Lipinski definition) is 6. The molecule has 3 aromatic rings. The number of sulfonamides is 1. The minimum absolute atomic E-state index is 0.00627. The van der Waals surface area contributed by atoms with Gasteiger partial charge < -0.3 is 9.47 Å². The number of ether oxygens (including phenoxy) is 2. The normalized spacial score (nSPS) is 11.3. The Morgan fingerprint density at radius 1 is 1.16 bits per heavy atom. The topological polar surface area (TPSA) is 82.4 Å². The molecule has 25 heavy (non-hydrogen) atoms. The molecule has 132 valence electrons. The molecule has 9 heteroatoms. The highest BCUT2D eigenvalue weighted by molar-refractivity contribution is 7.92. The van der Waals surface area contributed by atoms with Crippen LogP contribution in [0.5, 0.6) is 11.5 Å². The molecule has 0 radical (unpaired) electrons. The molecule has 3 rings (SSSR count). The molecule has 7 nitrogen and oxygen atoms in total. The van der Waals surface area contributed by atoms with Crippen LogP contribution >= 0.6 is 11.3 Å². The average Bonchev–Trinajstić information content (AvgIpc) is 3.24. The Labute approximate surface area is 149 Å². The second-order valence-electron chi connectivity index (χ2n) is 5.14. The standard InChI is InChI=1S/C16H17N3O4S2/c1-19-16(10-12(17-19)14-5-4-8-24-14)18-25(20,21)15-9-11(22-2)6-7-13(15)23-3/h4-10,18H,1-3H3. The first-order chi connectivity index (χ1) is 11.9. The molecule has 0 saturated carbocycles. The predicted molar refractivity (Wildman–Crippen MR) is 96.9 cm³/mol. The van der Waals surface area contributed by atoms with E-state index in [9.17, 15) is 8.42 Å². The summed E-state index contributed by atoms with van der Waals surface area (Å²) >= 11 is 1.53. The van der Waals surface area contributed by atoms with E-state index < -0.39 is 10.0 Å². The van der Waals surface area contributed by atoms with E-state index in [1.54, 1.807) is 25.2 Å². The van der Waals surface area contributed by atoms with Crippen molar-refractivity contribution < 1.29 is 17.9 Å². The zero-order valence-electron chi connectivity index (χ0n) is 13.9. The Hall–Kier alpha value is -2.52. The van der Waals surface area contributed by atoms with Gasteiger partial charge in [-0.3, -0.25) is 9.40 Å². The van der Waals surface area contributed by atoms with Crippen LogP contribution in [0.4, 0.5) is 5.82 Å². The van der Waals surface area contributed by atoms with Gasteiger partial charge in [0.05, 0.1) is 19.1 Å². The summed E-state index contributed by atoms with van der Waals surface area (Å²) < 4.78 is 39.9. The fraction of sp³-hybridized carbons (Fsp3) is 0.188. The highest BCUT2D eigenvalue weighted by atomic mass is 32.2. The maximum atomic E-state index is 12.8. The molecule has 2 heterocycles. The monoisotopic (exact) mass is 379 g/mol. The number of thiophene rings is 1. The smallest absolute Gasteiger partial charge is 0.266 e. The van der Waals surface area contributed by atoms with E-state index in [1.165, 1.54) is 36.3 Å². The summed E-state index contributed by atoms with van der Waals surface area (Å²) in [6, 6.07) is 10.1. The van der Waals surface area contributed by atoms with Crippen LogP contribution in [0.3, 0.4) is 0 Å². The van der Waals surface area contributed by atoms with Gasteiger partial charge in [-0.25, -0.2) is 8.42 Å². The first kappa shape index (κ1) is 17.3. The Balaban J connectivity index is 1.97. The average molecular weight is 379 g/mol. The Bertz CT molecular complexity index is 979. The molecule has 0 atom stereocenters. The number of aromatic nitrogens is 2. The van der Waals surface area contributed by atoms with Gasteiger partial charge in [0.25, 0.3) is 10.0 Å². The molecule has 0 saturated heterocycles. The van der Waals surface area contributed by atoms with Crippen LogP contribution in [0.2, 0.25) is 0 Å². The number of anilines is 1. The molecular formula is C16H17N3O4S2. The summed E-state index contributed by atoms with van der Waals surface area (Å²) in [7, 11) is 0.688. The lowest BCUT2D eigenvalue weighted by molar-refractivity contribution is 0.392. The van der Waals surface area contributed by atoms with Gasteiger partial charge in [-0.2, -0.15) is 5.10 Å². The van der Waals surface area contributed by atoms with E-state index in [0.29, 0.717) is 17.3 Å². The van der Waals surface area contributed by atoms with Crippen molar-refractivity contribution in [1.82, 2.24) is 9.78 Å². The van der Waals surface area contributed by atoms with Gasteiger partial charge in [0.2, 0.25) is 0 Å². The summed E-state index contributed by atoms with van der Waals surface area (Å²) in [5, 5.41) is 6.29. The summed E-state index contributed by atoms with van der Waals surface area (Å²) in [5.41, 5.74) is 0.702. The molecule has 0 spiro atoms. The van der Waals surface area contributed by atoms with Gasteiger partial charge in [-0.1, -0.05) is 6.07 Å². The van der Waals surface area contributed by atoms with Gasteiger partial charge in [-0.15, -0.1) is 11.3 Å². The lowest BCUT2D eigenvalue weighted by Gasteiger charge is -2.12. The second kappa shape index (κ2) is 6.77. The third kappa shape index (κ3) is 3.47. The molecule has 2 aromatic heterocycles. The van der Waals surface area contributed by atoms with E-state index in [1.807, 2.05) is 17.5 Å². The number of aryl methyl sites for hydroxylation is 1. The van der Waals surface area contributed by atoms with Gasteiger partial charge >= 0.3 is 0 Å². The zero-order valence-corrected chi connectivity index (χ0v) is 15.5. The van der Waals surface area contributed by atoms with Crippen LogP contribution in [0.25, 0.3) is 10.6 Å². The molecule has 0 aliphatic rings. The third-order valence-corrected chi connectivity index (χ3v) is 5.82. The molecule has 0 fully saturated rings. The maximum absolute atomic E-state index is 12.8. The fourth-order valence-corrected chi connectivity index (χ4v) is 4.24. The van der Waals surface area contributed by atoms with Crippen molar-refractivity contribution >= 4 is 27.2 Å². The Morgan fingerprint density at radius 2 is 1.96 bits per heavy atom. The predicted octanol–water partition coefficient (Wildman–Crippen LogP) is 2.97. The van der Waals surface area contributed by atoms with E-state index in [4.69, 9.17) is 9.47 Å².